The van der Waals surface area contributed by atoms with Gasteiger partial charge in [0.1, 0.15) is 5.82 Å². The number of rotatable bonds is 6. The van der Waals surface area contributed by atoms with E-state index in [1.165, 1.54) is 28.6 Å². The number of piperazine rings is 1. The molecule has 1 saturated heterocycles. The van der Waals surface area contributed by atoms with Crippen LogP contribution in [-0.4, -0.2) is 55.0 Å². The topological polar surface area (TPSA) is 95.5 Å². The lowest BCUT2D eigenvalue weighted by Gasteiger charge is -2.34. The molecule has 0 saturated carbocycles. The number of nitrogens with one attached hydrogen (secondary N) is 1. The van der Waals surface area contributed by atoms with Gasteiger partial charge in [0.25, 0.3) is 0 Å². The molecule has 2 heterocycles. The van der Waals surface area contributed by atoms with E-state index >= 15 is 0 Å². The normalized spacial score (nSPS) is 14.9. The van der Waals surface area contributed by atoms with Crippen molar-refractivity contribution in [3.8, 4) is 11.3 Å². The monoisotopic (exact) mass is 483 g/mol. The average Bonchev–Trinajstić information content (AvgIpc) is 2.85. The molecule has 0 spiro atoms. The maximum absolute atomic E-state index is 13.1. The van der Waals surface area contributed by atoms with Crippen LogP contribution in [-0.2, 0) is 14.8 Å². The van der Waals surface area contributed by atoms with Gasteiger partial charge in [-0.05, 0) is 60.7 Å². The predicted octanol–water partition coefficient (Wildman–Crippen LogP) is 3.39. The van der Waals surface area contributed by atoms with Crippen molar-refractivity contribution in [2.75, 3.05) is 36.4 Å². The molecule has 0 atom stereocenters. The maximum atomic E-state index is 13.1. The number of hydrogen-bond donors (Lipinski definition) is 1. The lowest BCUT2D eigenvalue weighted by molar-refractivity contribution is -0.118. The fourth-order valence-corrected chi connectivity index (χ4v) is 4.99. The highest BCUT2D eigenvalue weighted by atomic mass is 32.2. The molecule has 0 unspecified atom stereocenters. The Morgan fingerprint density at radius 1 is 0.912 bits per heavy atom. The molecule has 1 N–H and O–H groups in total. The summed E-state index contributed by atoms with van der Waals surface area (Å²) in [5, 5.41) is 11.3. The van der Waals surface area contributed by atoms with Crippen molar-refractivity contribution in [1.29, 1.82) is 0 Å². The Morgan fingerprint density at radius 3 is 2.12 bits per heavy atom. The lowest BCUT2D eigenvalue weighted by atomic mass is 10.1. The summed E-state index contributed by atoms with van der Waals surface area (Å²) in [5.41, 5.74) is 1.97. The van der Waals surface area contributed by atoms with Gasteiger partial charge in [-0.3, -0.25) is 4.79 Å². The highest BCUT2D eigenvalue weighted by molar-refractivity contribution is 7.89. The Kier molecular flexibility index (Phi) is 6.90. The molecule has 1 aromatic heterocycles. The minimum absolute atomic E-state index is 0.125. The van der Waals surface area contributed by atoms with Crippen molar-refractivity contribution in [3.05, 3.63) is 66.5 Å². The molecule has 1 amide bonds. The van der Waals surface area contributed by atoms with E-state index in [9.17, 15) is 17.6 Å². The molecule has 2 aromatic carbocycles. The van der Waals surface area contributed by atoms with Crippen LogP contribution in [0.4, 0.5) is 15.9 Å². The predicted molar refractivity (Wildman–Crippen MR) is 128 cm³/mol. The molecule has 1 fully saturated rings. The molecule has 1 aliphatic heterocycles. The number of amides is 1. The Morgan fingerprint density at radius 2 is 1.56 bits per heavy atom. The van der Waals surface area contributed by atoms with Crippen LogP contribution >= 0.6 is 0 Å². The van der Waals surface area contributed by atoms with Gasteiger partial charge in [0.15, 0.2) is 5.82 Å². The van der Waals surface area contributed by atoms with Gasteiger partial charge in [0, 0.05) is 43.3 Å². The van der Waals surface area contributed by atoms with E-state index in [0.29, 0.717) is 43.4 Å². The van der Waals surface area contributed by atoms with Crippen molar-refractivity contribution in [2.24, 2.45) is 5.92 Å². The third-order valence-corrected chi connectivity index (χ3v) is 7.55. The molecular formula is C24H26FN5O3S. The first-order valence-corrected chi connectivity index (χ1v) is 12.4. The smallest absolute Gasteiger partial charge is 0.243 e. The SMILES string of the molecule is CC(C)C(=O)Nc1ccc(S(=O)(=O)N2CCN(c3ccc(-c4ccc(F)cc4)nn3)CC2)cc1. The Labute approximate surface area is 198 Å². The Balaban J connectivity index is 1.38. The minimum Gasteiger partial charge on any atom is -0.352 e. The molecular weight excluding hydrogens is 457 g/mol. The number of nitrogens with zero attached hydrogens (tertiary/aromatic N) is 4. The first-order chi connectivity index (χ1) is 16.2. The summed E-state index contributed by atoms with van der Waals surface area (Å²) in [6.45, 7) is 5.17. The van der Waals surface area contributed by atoms with Crippen molar-refractivity contribution in [3.63, 3.8) is 0 Å². The zero-order valence-electron chi connectivity index (χ0n) is 19.0. The van der Waals surface area contributed by atoms with Crippen LogP contribution in [0, 0.1) is 11.7 Å². The van der Waals surface area contributed by atoms with E-state index in [-0.39, 0.29) is 22.5 Å². The maximum Gasteiger partial charge on any atom is 0.243 e. The second kappa shape index (κ2) is 9.86. The van der Waals surface area contributed by atoms with E-state index in [2.05, 4.69) is 15.5 Å². The quantitative estimate of drug-likeness (QED) is 0.578. The Hall–Kier alpha value is -3.37. The summed E-state index contributed by atoms with van der Waals surface area (Å²) in [6.07, 6.45) is 0. The summed E-state index contributed by atoms with van der Waals surface area (Å²) < 4.78 is 40.7. The van der Waals surface area contributed by atoms with Crippen LogP contribution in [0.25, 0.3) is 11.3 Å². The molecule has 0 aliphatic carbocycles. The van der Waals surface area contributed by atoms with Crippen molar-refractivity contribution < 1.29 is 17.6 Å². The zero-order valence-corrected chi connectivity index (χ0v) is 19.8. The number of benzene rings is 2. The molecule has 0 bridgehead atoms. The second-order valence-electron chi connectivity index (χ2n) is 8.34. The van der Waals surface area contributed by atoms with Crippen LogP contribution in [0.5, 0.6) is 0 Å². The van der Waals surface area contributed by atoms with Crippen molar-refractivity contribution >= 4 is 27.4 Å². The summed E-state index contributed by atoms with van der Waals surface area (Å²) in [7, 11) is -3.65. The molecule has 10 heteroatoms. The van der Waals surface area contributed by atoms with Gasteiger partial charge in [-0.1, -0.05) is 13.8 Å². The second-order valence-corrected chi connectivity index (χ2v) is 10.3. The van der Waals surface area contributed by atoms with Gasteiger partial charge >= 0.3 is 0 Å². The Bertz CT molecular complexity index is 1240. The lowest BCUT2D eigenvalue weighted by Crippen LogP contribution is -2.49. The summed E-state index contributed by atoms with van der Waals surface area (Å²) in [5.74, 6) is 0.0622. The third kappa shape index (κ3) is 5.23. The van der Waals surface area contributed by atoms with Crippen LogP contribution in [0.2, 0.25) is 0 Å². The number of anilines is 2. The van der Waals surface area contributed by atoms with E-state index in [1.54, 1.807) is 38.1 Å². The molecule has 178 valence electrons. The van der Waals surface area contributed by atoms with Crippen LogP contribution < -0.4 is 10.2 Å². The van der Waals surface area contributed by atoms with Crippen molar-refractivity contribution in [2.45, 2.75) is 18.7 Å². The number of hydrogen-bond acceptors (Lipinski definition) is 6. The number of aromatic nitrogens is 2. The molecule has 34 heavy (non-hydrogen) atoms. The van der Waals surface area contributed by atoms with E-state index in [0.717, 1.165) is 5.56 Å². The van der Waals surface area contributed by atoms with E-state index in [1.807, 2.05) is 17.0 Å². The standard InChI is InChI=1S/C24H26FN5O3S/c1-17(2)24(31)26-20-7-9-21(10-8-20)34(32,33)30-15-13-29(14-16-30)23-12-11-22(27-28-23)18-3-5-19(25)6-4-18/h3-12,17H,13-16H2,1-2H3,(H,26,31). The number of sulfonamides is 1. The van der Waals surface area contributed by atoms with Crippen LogP contribution in [0.15, 0.2) is 65.6 Å². The minimum atomic E-state index is -3.65. The van der Waals surface area contributed by atoms with Gasteiger partial charge in [0.05, 0.1) is 10.6 Å². The fraction of sp³-hybridized carbons (Fsp3) is 0.292. The molecule has 1 aliphatic rings. The van der Waals surface area contributed by atoms with Crippen LogP contribution in [0.3, 0.4) is 0 Å². The zero-order chi connectivity index (χ0) is 24.3. The van der Waals surface area contributed by atoms with Crippen LogP contribution in [0.1, 0.15) is 13.8 Å². The summed E-state index contributed by atoms with van der Waals surface area (Å²) in [6, 6.07) is 15.9. The number of carbonyl (C=O) groups excluding carboxylic acids is 1. The highest BCUT2D eigenvalue weighted by Crippen LogP contribution is 2.23. The average molecular weight is 484 g/mol. The van der Waals surface area contributed by atoms with Gasteiger partial charge in [0.2, 0.25) is 15.9 Å². The summed E-state index contributed by atoms with van der Waals surface area (Å²) >= 11 is 0. The van der Waals surface area contributed by atoms with Gasteiger partial charge < -0.3 is 10.2 Å². The number of halogens is 1. The van der Waals surface area contributed by atoms with Gasteiger partial charge in [-0.15, -0.1) is 10.2 Å². The number of carbonyl (C=O) groups is 1. The highest BCUT2D eigenvalue weighted by Gasteiger charge is 2.29. The first-order valence-electron chi connectivity index (χ1n) is 11.0. The van der Waals surface area contributed by atoms with E-state index < -0.39 is 10.0 Å². The molecule has 4 rings (SSSR count). The molecule has 3 aromatic rings. The third-order valence-electron chi connectivity index (χ3n) is 5.64. The van der Waals surface area contributed by atoms with Gasteiger partial charge in [-0.2, -0.15) is 4.31 Å². The molecule has 0 radical (unpaired) electrons. The fourth-order valence-electron chi connectivity index (χ4n) is 3.57. The van der Waals surface area contributed by atoms with E-state index in [4.69, 9.17) is 0 Å². The van der Waals surface area contributed by atoms with Gasteiger partial charge in [-0.25, -0.2) is 12.8 Å². The largest absolute Gasteiger partial charge is 0.352 e. The van der Waals surface area contributed by atoms with Crippen molar-refractivity contribution in [1.82, 2.24) is 14.5 Å². The first kappa shape index (κ1) is 23.8. The molecule has 8 nitrogen and oxygen atoms in total. The summed E-state index contributed by atoms with van der Waals surface area (Å²) in [4.78, 5) is 14.0.